The summed E-state index contributed by atoms with van der Waals surface area (Å²) in [6.45, 7) is 7.77. The number of pyridine rings is 1. The van der Waals surface area contributed by atoms with Crippen molar-refractivity contribution in [1.29, 1.82) is 0 Å². The molecule has 0 saturated carbocycles. The number of nitrogens with zero attached hydrogens (tertiary/aromatic N) is 5. The molecular weight excluding hydrogens is 432 g/mol. The first-order chi connectivity index (χ1) is 16.3. The largest absolute Gasteiger partial charge is 0.478 e. The van der Waals surface area contributed by atoms with E-state index < -0.39 is 5.97 Å². The summed E-state index contributed by atoms with van der Waals surface area (Å²) in [5, 5.41) is 12.9. The number of benzene rings is 1. The molecule has 0 spiro atoms. The predicted octanol–water partition coefficient (Wildman–Crippen LogP) is 3.40. The Labute approximate surface area is 196 Å². The maximum Gasteiger partial charge on any atom is 0.337 e. The zero-order valence-corrected chi connectivity index (χ0v) is 19.3. The van der Waals surface area contributed by atoms with Gasteiger partial charge in [0.1, 0.15) is 17.3 Å². The number of carbonyl (C=O) groups is 1. The lowest BCUT2D eigenvalue weighted by Gasteiger charge is -2.30. The van der Waals surface area contributed by atoms with Gasteiger partial charge in [-0.15, -0.1) is 0 Å². The van der Waals surface area contributed by atoms with Crippen LogP contribution in [0.25, 0.3) is 5.65 Å². The number of imidazole rings is 1. The molecular formula is C25H26N6O3. The van der Waals surface area contributed by atoms with Crippen LogP contribution in [0.15, 0.2) is 53.7 Å². The molecule has 5 rings (SSSR count). The number of rotatable bonds is 5. The van der Waals surface area contributed by atoms with Crippen molar-refractivity contribution >= 4 is 23.1 Å². The van der Waals surface area contributed by atoms with E-state index in [1.165, 1.54) is 0 Å². The molecule has 0 bridgehead atoms. The van der Waals surface area contributed by atoms with Gasteiger partial charge in [0.2, 0.25) is 0 Å². The van der Waals surface area contributed by atoms with Gasteiger partial charge in [-0.25, -0.2) is 14.8 Å². The Kier molecular flexibility index (Phi) is 5.31. The molecule has 0 unspecified atom stereocenters. The van der Waals surface area contributed by atoms with Crippen LogP contribution in [0.4, 0.5) is 11.5 Å². The van der Waals surface area contributed by atoms with E-state index in [4.69, 9.17) is 4.98 Å². The van der Waals surface area contributed by atoms with Crippen LogP contribution >= 0.6 is 0 Å². The van der Waals surface area contributed by atoms with Crippen molar-refractivity contribution in [2.24, 2.45) is 0 Å². The molecule has 1 aliphatic heterocycles. The minimum absolute atomic E-state index is 0.114. The molecule has 4 heterocycles. The van der Waals surface area contributed by atoms with Crippen LogP contribution in [0.1, 0.15) is 45.8 Å². The number of hydrogen-bond acceptors (Lipinski definition) is 6. The average molecular weight is 459 g/mol. The van der Waals surface area contributed by atoms with E-state index in [1.807, 2.05) is 33.0 Å². The fourth-order valence-electron chi connectivity index (χ4n) is 4.57. The molecule has 9 heteroatoms. The second-order valence-corrected chi connectivity index (χ2v) is 8.71. The summed E-state index contributed by atoms with van der Waals surface area (Å²) in [6, 6.07) is 8.49. The van der Waals surface area contributed by atoms with Crippen molar-refractivity contribution in [3.8, 4) is 0 Å². The number of aryl methyl sites for hydroxylation is 1. The molecule has 1 atom stereocenters. The molecule has 34 heavy (non-hydrogen) atoms. The molecule has 0 radical (unpaired) electrons. The smallest absolute Gasteiger partial charge is 0.337 e. The Morgan fingerprint density at radius 3 is 2.79 bits per heavy atom. The summed E-state index contributed by atoms with van der Waals surface area (Å²) in [5.41, 5.74) is 3.47. The monoisotopic (exact) mass is 458 g/mol. The first-order valence-corrected chi connectivity index (χ1v) is 11.2. The highest BCUT2D eigenvalue weighted by Crippen LogP contribution is 2.28. The Hall–Kier alpha value is -4.14. The number of aromatic carboxylic acids is 1. The predicted molar refractivity (Wildman–Crippen MR) is 130 cm³/mol. The van der Waals surface area contributed by atoms with Gasteiger partial charge in [0.25, 0.3) is 5.56 Å². The fraction of sp³-hybridized carbons (Fsp3) is 0.280. The minimum atomic E-state index is -1.000. The first kappa shape index (κ1) is 21.7. The van der Waals surface area contributed by atoms with Gasteiger partial charge in [-0.3, -0.25) is 9.20 Å². The molecule has 3 aromatic heterocycles. The molecule has 0 amide bonds. The lowest BCUT2D eigenvalue weighted by atomic mass is 10.1. The van der Waals surface area contributed by atoms with Gasteiger partial charge in [0.05, 0.1) is 23.7 Å². The molecule has 0 saturated heterocycles. The number of carboxylic acid groups (broad SMARTS) is 1. The highest BCUT2D eigenvalue weighted by Gasteiger charge is 2.23. The van der Waals surface area contributed by atoms with Gasteiger partial charge >= 0.3 is 5.97 Å². The average Bonchev–Trinajstić information content (AvgIpc) is 3.29. The van der Waals surface area contributed by atoms with Gasteiger partial charge in [-0.2, -0.15) is 0 Å². The molecule has 4 aromatic rings. The molecule has 0 fully saturated rings. The van der Waals surface area contributed by atoms with Crippen LogP contribution in [-0.4, -0.2) is 36.6 Å². The number of nitrogens with one attached hydrogen (secondary N) is 1. The van der Waals surface area contributed by atoms with Gasteiger partial charge in [0, 0.05) is 42.9 Å². The highest BCUT2D eigenvalue weighted by molar-refractivity contribution is 5.94. The van der Waals surface area contributed by atoms with Crippen LogP contribution < -0.4 is 15.8 Å². The van der Waals surface area contributed by atoms with Crippen molar-refractivity contribution < 1.29 is 9.90 Å². The van der Waals surface area contributed by atoms with Crippen LogP contribution in [0.3, 0.4) is 0 Å². The van der Waals surface area contributed by atoms with Crippen LogP contribution in [-0.2, 0) is 13.1 Å². The van der Waals surface area contributed by atoms with Gasteiger partial charge < -0.3 is 19.9 Å². The van der Waals surface area contributed by atoms with E-state index in [0.717, 1.165) is 30.0 Å². The summed E-state index contributed by atoms with van der Waals surface area (Å²) in [5.74, 6) is 0.597. The van der Waals surface area contributed by atoms with Gasteiger partial charge in [0.15, 0.2) is 0 Å². The van der Waals surface area contributed by atoms with Gasteiger partial charge in [-0.1, -0.05) is 12.1 Å². The lowest BCUT2D eigenvalue weighted by molar-refractivity contribution is 0.0698. The molecule has 0 aliphatic carbocycles. The van der Waals surface area contributed by atoms with E-state index in [9.17, 15) is 14.7 Å². The SMILES string of the molecule is Cc1cc([C@@H](C)Nc2ccccc2C(=O)O)c2nc(N3CCn4ccnc4C3)c(C)c(=O)n2c1. The van der Waals surface area contributed by atoms with E-state index in [1.54, 1.807) is 41.1 Å². The van der Waals surface area contributed by atoms with E-state index in [2.05, 4.69) is 19.8 Å². The number of carboxylic acids is 1. The summed E-state index contributed by atoms with van der Waals surface area (Å²) in [7, 11) is 0. The number of para-hydroxylation sites is 1. The van der Waals surface area contributed by atoms with Crippen LogP contribution in [0, 0.1) is 13.8 Å². The van der Waals surface area contributed by atoms with Crippen molar-refractivity contribution in [2.75, 3.05) is 16.8 Å². The summed E-state index contributed by atoms with van der Waals surface area (Å²) in [6.07, 6.45) is 5.55. The third kappa shape index (κ3) is 3.68. The third-order valence-corrected chi connectivity index (χ3v) is 6.33. The fourth-order valence-corrected chi connectivity index (χ4v) is 4.57. The topological polar surface area (TPSA) is 105 Å². The lowest BCUT2D eigenvalue weighted by Crippen LogP contribution is -2.36. The zero-order chi connectivity index (χ0) is 24.0. The van der Waals surface area contributed by atoms with E-state index in [0.29, 0.717) is 29.3 Å². The van der Waals surface area contributed by atoms with Gasteiger partial charge in [-0.05, 0) is 44.5 Å². The third-order valence-electron chi connectivity index (χ3n) is 6.33. The Bertz CT molecular complexity index is 1470. The summed E-state index contributed by atoms with van der Waals surface area (Å²) >= 11 is 0. The molecule has 174 valence electrons. The maximum absolute atomic E-state index is 13.4. The normalized spacial score (nSPS) is 14.1. The molecule has 1 aromatic carbocycles. The molecule has 9 nitrogen and oxygen atoms in total. The van der Waals surface area contributed by atoms with Crippen molar-refractivity contribution in [1.82, 2.24) is 18.9 Å². The molecule has 1 aliphatic rings. The molecule has 2 N–H and O–H groups in total. The Morgan fingerprint density at radius 2 is 2.00 bits per heavy atom. The quantitative estimate of drug-likeness (QED) is 0.472. The van der Waals surface area contributed by atoms with E-state index in [-0.39, 0.29) is 17.2 Å². The minimum Gasteiger partial charge on any atom is -0.478 e. The Morgan fingerprint density at radius 1 is 1.21 bits per heavy atom. The summed E-state index contributed by atoms with van der Waals surface area (Å²) in [4.78, 5) is 36.6. The standard InChI is InChI=1S/C25H26N6O3/c1-15-12-19(17(3)27-20-7-5-4-6-18(20)25(33)34)23-28-22(16(2)24(32)31(23)13-15)30-11-10-29-9-8-26-21(29)14-30/h4-9,12-13,17,27H,10-11,14H2,1-3H3,(H,33,34)/t17-/m1/s1. The maximum atomic E-state index is 13.4. The summed E-state index contributed by atoms with van der Waals surface area (Å²) < 4.78 is 3.70. The van der Waals surface area contributed by atoms with Crippen molar-refractivity contribution in [3.63, 3.8) is 0 Å². The van der Waals surface area contributed by atoms with Crippen LogP contribution in [0.2, 0.25) is 0 Å². The first-order valence-electron chi connectivity index (χ1n) is 11.2. The number of hydrogen-bond donors (Lipinski definition) is 2. The Balaban J connectivity index is 1.60. The van der Waals surface area contributed by atoms with Crippen LogP contribution in [0.5, 0.6) is 0 Å². The zero-order valence-electron chi connectivity index (χ0n) is 19.3. The van der Waals surface area contributed by atoms with Crippen molar-refractivity contribution in [2.45, 2.75) is 39.9 Å². The number of aromatic nitrogens is 4. The van der Waals surface area contributed by atoms with Crippen molar-refractivity contribution in [3.05, 3.63) is 87.4 Å². The van der Waals surface area contributed by atoms with E-state index >= 15 is 0 Å². The number of fused-ring (bicyclic) bond motifs is 2. The second-order valence-electron chi connectivity index (χ2n) is 8.71. The highest BCUT2D eigenvalue weighted by atomic mass is 16.4. The second kappa shape index (κ2) is 8.33. The number of anilines is 2.